The van der Waals surface area contributed by atoms with Crippen LogP contribution < -0.4 is 5.32 Å². The van der Waals surface area contributed by atoms with E-state index in [0.717, 1.165) is 29.4 Å². The molecule has 1 aromatic heterocycles. The molecule has 0 aromatic carbocycles. The van der Waals surface area contributed by atoms with Crippen molar-refractivity contribution in [2.45, 2.75) is 32.2 Å². The lowest BCUT2D eigenvalue weighted by Gasteiger charge is -2.22. The lowest BCUT2D eigenvalue weighted by Crippen LogP contribution is -2.34. The third kappa shape index (κ3) is 2.91. The van der Waals surface area contributed by atoms with Crippen molar-refractivity contribution in [2.24, 2.45) is 0 Å². The molecule has 0 radical (unpaired) electrons. The lowest BCUT2D eigenvalue weighted by molar-refractivity contribution is 0.562. The van der Waals surface area contributed by atoms with Gasteiger partial charge in [0.15, 0.2) is 9.84 Å². The number of aryl methyl sites for hydroxylation is 1. The van der Waals surface area contributed by atoms with Crippen molar-refractivity contribution in [3.8, 4) is 0 Å². The number of rotatable bonds is 3. The molecule has 1 atom stereocenters. The SMILES string of the molecule is CCc1nnc(NC2CCCS(=O)(=O)C2)s1. The van der Waals surface area contributed by atoms with Gasteiger partial charge in [-0.05, 0) is 19.3 Å². The first-order valence-electron chi connectivity index (χ1n) is 5.38. The molecule has 0 bridgehead atoms. The van der Waals surface area contributed by atoms with Gasteiger partial charge in [0.05, 0.1) is 11.5 Å². The van der Waals surface area contributed by atoms with Crippen molar-refractivity contribution < 1.29 is 8.42 Å². The Hall–Kier alpha value is -0.690. The number of nitrogens with zero attached hydrogens (tertiary/aromatic N) is 2. The summed E-state index contributed by atoms with van der Waals surface area (Å²) in [6.07, 6.45) is 2.49. The Labute approximate surface area is 99.2 Å². The molecule has 1 saturated heterocycles. The van der Waals surface area contributed by atoms with Gasteiger partial charge >= 0.3 is 0 Å². The van der Waals surface area contributed by atoms with Crippen molar-refractivity contribution in [3.05, 3.63) is 5.01 Å². The second-order valence-corrected chi connectivity index (χ2v) is 7.24. The van der Waals surface area contributed by atoms with Crippen LogP contribution in [0.25, 0.3) is 0 Å². The van der Waals surface area contributed by atoms with Gasteiger partial charge in [0.2, 0.25) is 5.13 Å². The Morgan fingerprint density at radius 2 is 2.31 bits per heavy atom. The minimum absolute atomic E-state index is 0.00333. The van der Waals surface area contributed by atoms with Crippen LogP contribution in [0.2, 0.25) is 0 Å². The molecule has 0 aliphatic carbocycles. The third-order valence-corrected chi connectivity index (χ3v) is 5.38. The number of aromatic nitrogens is 2. The molecule has 2 heterocycles. The summed E-state index contributed by atoms with van der Waals surface area (Å²) in [7, 11) is -2.86. The van der Waals surface area contributed by atoms with Crippen LogP contribution in [0, 0.1) is 0 Å². The molecule has 1 aliphatic rings. The Kier molecular flexibility index (Phi) is 3.44. The van der Waals surface area contributed by atoms with Crippen LogP contribution in [0.1, 0.15) is 24.8 Å². The van der Waals surface area contributed by atoms with Crippen molar-refractivity contribution in [1.29, 1.82) is 0 Å². The maximum absolute atomic E-state index is 11.4. The highest BCUT2D eigenvalue weighted by molar-refractivity contribution is 7.91. The molecule has 0 amide bonds. The quantitative estimate of drug-likeness (QED) is 0.882. The highest BCUT2D eigenvalue weighted by Gasteiger charge is 2.25. The topological polar surface area (TPSA) is 72.0 Å². The first-order valence-corrected chi connectivity index (χ1v) is 8.02. The Morgan fingerprint density at radius 1 is 1.50 bits per heavy atom. The number of anilines is 1. The predicted octanol–water partition coefficient (Wildman–Crippen LogP) is 1.09. The Balaban J connectivity index is 1.99. The normalized spacial score (nSPS) is 24.2. The predicted molar refractivity (Wildman–Crippen MR) is 64.6 cm³/mol. The molecular weight excluding hydrogens is 246 g/mol. The zero-order chi connectivity index (χ0) is 11.6. The smallest absolute Gasteiger partial charge is 0.205 e. The average Bonchev–Trinajstić information content (AvgIpc) is 2.64. The highest BCUT2D eigenvalue weighted by atomic mass is 32.2. The van der Waals surface area contributed by atoms with Crippen LogP contribution in [-0.2, 0) is 16.3 Å². The fourth-order valence-corrected chi connectivity index (χ4v) is 4.16. The van der Waals surface area contributed by atoms with Gasteiger partial charge < -0.3 is 5.32 Å². The number of hydrogen-bond acceptors (Lipinski definition) is 6. The second kappa shape index (κ2) is 4.67. The maximum atomic E-state index is 11.4. The Bertz CT molecular complexity index is 455. The van der Waals surface area contributed by atoms with E-state index >= 15 is 0 Å². The standard InChI is InChI=1S/C9H15N3O2S2/c1-2-8-11-12-9(15-8)10-7-4-3-5-16(13,14)6-7/h7H,2-6H2,1H3,(H,10,12). The molecule has 5 nitrogen and oxygen atoms in total. The highest BCUT2D eigenvalue weighted by Crippen LogP contribution is 2.20. The fraction of sp³-hybridized carbons (Fsp3) is 0.778. The second-order valence-electron chi connectivity index (χ2n) is 3.95. The summed E-state index contributed by atoms with van der Waals surface area (Å²) in [5.41, 5.74) is 0. The molecular formula is C9H15N3O2S2. The van der Waals surface area contributed by atoms with Gasteiger partial charge in [-0.25, -0.2) is 8.42 Å². The van der Waals surface area contributed by atoms with Crippen LogP contribution in [-0.4, -0.2) is 36.2 Å². The van der Waals surface area contributed by atoms with Gasteiger partial charge in [0.25, 0.3) is 0 Å². The molecule has 1 aromatic rings. The molecule has 1 aliphatic heterocycles. The Morgan fingerprint density at radius 3 is 2.94 bits per heavy atom. The van der Waals surface area contributed by atoms with Gasteiger partial charge in [0, 0.05) is 6.04 Å². The summed E-state index contributed by atoms with van der Waals surface area (Å²) >= 11 is 1.50. The van der Waals surface area contributed by atoms with Gasteiger partial charge in [0.1, 0.15) is 5.01 Å². The first-order chi connectivity index (χ1) is 7.59. The van der Waals surface area contributed by atoms with Gasteiger partial charge in [-0.2, -0.15) is 0 Å². The van der Waals surface area contributed by atoms with E-state index in [4.69, 9.17) is 0 Å². The van der Waals surface area contributed by atoms with Crippen molar-refractivity contribution in [1.82, 2.24) is 10.2 Å². The van der Waals surface area contributed by atoms with Gasteiger partial charge in [-0.1, -0.05) is 18.3 Å². The zero-order valence-electron chi connectivity index (χ0n) is 9.14. The molecule has 0 saturated carbocycles. The van der Waals surface area contributed by atoms with Crippen molar-refractivity contribution in [2.75, 3.05) is 16.8 Å². The zero-order valence-corrected chi connectivity index (χ0v) is 10.8. The third-order valence-electron chi connectivity index (χ3n) is 2.56. The maximum Gasteiger partial charge on any atom is 0.205 e. The molecule has 7 heteroatoms. The fourth-order valence-electron chi connectivity index (χ4n) is 1.77. The van der Waals surface area contributed by atoms with Crippen LogP contribution in [0.3, 0.4) is 0 Å². The van der Waals surface area contributed by atoms with Gasteiger partial charge in [-0.3, -0.25) is 0 Å². The first kappa shape index (κ1) is 11.8. The molecule has 1 fully saturated rings. The summed E-state index contributed by atoms with van der Waals surface area (Å²) in [6.45, 7) is 2.02. The van der Waals surface area contributed by atoms with Crippen molar-refractivity contribution >= 4 is 26.3 Å². The van der Waals surface area contributed by atoms with E-state index < -0.39 is 9.84 Å². The number of nitrogens with one attached hydrogen (secondary N) is 1. The molecule has 1 N–H and O–H groups in total. The minimum Gasteiger partial charge on any atom is -0.356 e. The molecule has 0 spiro atoms. The number of hydrogen-bond donors (Lipinski definition) is 1. The van der Waals surface area contributed by atoms with E-state index in [2.05, 4.69) is 15.5 Å². The summed E-state index contributed by atoms with van der Waals surface area (Å²) in [6, 6.07) is -0.00333. The lowest BCUT2D eigenvalue weighted by atomic mass is 10.2. The average molecular weight is 261 g/mol. The van der Waals surface area contributed by atoms with E-state index in [1.807, 2.05) is 6.92 Å². The summed E-state index contributed by atoms with van der Waals surface area (Å²) in [4.78, 5) is 0. The molecule has 1 unspecified atom stereocenters. The van der Waals surface area contributed by atoms with E-state index in [1.165, 1.54) is 11.3 Å². The van der Waals surface area contributed by atoms with E-state index in [-0.39, 0.29) is 11.8 Å². The monoisotopic (exact) mass is 261 g/mol. The molecule has 90 valence electrons. The molecule has 2 rings (SSSR count). The summed E-state index contributed by atoms with van der Waals surface area (Å²) in [5.74, 6) is 0.537. The van der Waals surface area contributed by atoms with E-state index in [0.29, 0.717) is 5.75 Å². The summed E-state index contributed by atoms with van der Waals surface area (Å²) in [5, 5.41) is 12.8. The minimum atomic E-state index is -2.86. The van der Waals surface area contributed by atoms with Crippen LogP contribution in [0.15, 0.2) is 0 Å². The van der Waals surface area contributed by atoms with Crippen LogP contribution in [0.5, 0.6) is 0 Å². The van der Waals surface area contributed by atoms with Crippen LogP contribution in [0.4, 0.5) is 5.13 Å². The van der Waals surface area contributed by atoms with E-state index in [1.54, 1.807) is 0 Å². The van der Waals surface area contributed by atoms with Crippen LogP contribution >= 0.6 is 11.3 Å². The largest absolute Gasteiger partial charge is 0.356 e. The number of sulfone groups is 1. The van der Waals surface area contributed by atoms with E-state index in [9.17, 15) is 8.42 Å². The van der Waals surface area contributed by atoms with Crippen molar-refractivity contribution in [3.63, 3.8) is 0 Å². The van der Waals surface area contributed by atoms with Gasteiger partial charge in [-0.15, -0.1) is 10.2 Å². The molecule has 16 heavy (non-hydrogen) atoms. The summed E-state index contributed by atoms with van der Waals surface area (Å²) < 4.78 is 22.9.